The molecule has 1 heterocycles. The molecule has 1 fully saturated rings. The van der Waals surface area contributed by atoms with Crippen molar-refractivity contribution in [1.29, 1.82) is 0 Å². The van der Waals surface area contributed by atoms with Crippen molar-refractivity contribution >= 4 is 11.8 Å². The average molecular weight is 445 g/mol. The van der Waals surface area contributed by atoms with Gasteiger partial charge in [-0.2, -0.15) is 0 Å². The largest absolute Gasteiger partial charge is 0.497 e. The Bertz CT molecular complexity index is 952. The highest BCUT2D eigenvalue weighted by atomic mass is 19.1. The van der Waals surface area contributed by atoms with Crippen LogP contribution in [-0.2, 0) is 9.53 Å². The van der Waals surface area contributed by atoms with Crippen molar-refractivity contribution in [2.75, 3.05) is 47.6 Å². The summed E-state index contributed by atoms with van der Waals surface area (Å²) in [6, 6.07) is 11.3. The summed E-state index contributed by atoms with van der Waals surface area (Å²) in [5.74, 6) is -0.786. The molecule has 0 spiro atoms. The first-order valence-corrected chi connectivity index (χ1v) is 10.5. The normalized spacial score (nSPS) is 17.8. The topological polar surface area (TPSA) is 77.1 Å². The van der Waals surface area contributed by atoms with E-state index in [0.717, 1.165) is 5.56 Å². The van der Waals surface area contributed by atoms with Crippen LogP contribution >= 0.6 is 0 Å². The van der Waals surface area contributed by atoms with Gasteiger partial charge in [0.1, 0.15) is 17.3 Å². The molecule has 2 amide bonds. The Hall–Kier alpha value is -3.13. The SMILES string of the molecule is COCCCNC(=O)[C@H]1CN(C(=O)c2ccccc2F)C[C@@H]1c1ccc(OC)cc1OC. The summed E-state index contributed by atoms with van der Waals surface area (Å²) in [6.07, 6.45) is 0.684. The van der Waals surface area contributed by atoms with Crippen molar-refractivity contribution in [2.45, 2.75) is 12.3 Å². The number of ether oxygens (including phenoxy) is 3. The van der Waals surface area contributed by atoms with Gasteiger partial charge >= 0.3 is 0 Å². The number of amides is 2. The van der Waals surface area contributed by atoms with Gasteiger partial charge in [-0.3, -0.25) is 9.59 Å². The van der Waals surface area contributed by atoms with Crippen molar-refractivity contribution in [2.24, 2.45) is 5.92 Å². The average Bonchev–Trinajstić information content (AvgIpc) is 3.26. The molecule has 1 saturated heterocycles. The van der Waals surface area contributed by atoms with E-state index >= 15 is 0 Å². The van der Waals surface area contributed by atoms with Gasteiger partial charge in [-0.25, -0.2) is 4.39 Å². The molecule has 1 aliphatic heterocycles. The third kappa shape index (κ3) is 5.19. The van der Waals surface area contributed by atoms with E-state index in [9.17, 15) is 14.0 Å². The van der Waals surface area contributed by atoms with E-state index < -0.39 is 17.6 Å². The predicted octanol–water partition coefficient (Wildman–Crippen LogP) is 2.85. The van der Waals surface area contributed by atoms with Crippen LogP contribution in [0.1, 0.15) is 28.3 Å². The first-order valence-electron chi connectivity index (χ1n) is 10.5. The Kier molecular flexibility index (Phi) is 8.05. The van der Waals surface area contributed by atoms with Crippen molar-refractivity contribution in [1.82, 2.24) is 10.2 Å². The number of nitrogens with zero attached hydrogens (tertiary/aromatic N) is 1. The highest BCUT2D eigenvalue weighted by molar-refractivity contribution is 5.95. The third-order valence-corrected chi connectivity index (χ3v) is 5.71. The Morgan fingerprint density at radius 2 is 1.88 bits per heavy atom. The molecule has 0 unspecified atom stereocenters. The summed E-state index contributed by atoms with van der Waals surface area (Å²) in [7, 11) is 4.72. The lowest BCUT2D eigenvalue weighted by Crippen LogP contribution is -2.36. The fraction of sp³-hybridized carbons (Fsp3) is 0.417. The zero-order valence-corrected chi connectivity index (χ0v) is 18.6. The van der Waals surface area contributed by atoms with Crippen molar-refractivity contribution in [3.8, 4) is 11.5 Å². The van der Waals surface area contributed by atoms with E-state index in [2.05, 4.69) is 5.32 Å². The van der Waals surface area contributed by atoms with Crippen molar-refractivity contribution in [3.05, 3.63) is 59.4 Å². The van der Waals surface area contributed by atoms with E-state index in [4.69, 9.17) is 14.2 Å². The molecule has 2 atom stereocenters. The molecule has 2 aromatic rings. The predicted molar refractivity (Wildman–Crippen MR) is 118 cm³/mol. The first-order chi connectivity index (χ1) is 15.5. The van der Waals surface area contributed by atoms with Gasteiger partial charge in [0.25, 0.3) is 5.91 Å². The van der Waals surface area contributed by atoms with E-state index in [-0.39, 0.29) is 30.5 Å². The number of halogens is 1. The van der Waals surface area contributed by atoms with Crippen LogP contribution in [0.15, 0.2) is 42.5 Å². The zero-order valence-electron chi connectivity index (χ0n) is 18.6. The van der Waals surface area contributed by atoms with Crippen molar-refractivity contribution < 1.29 is 28.2 Å². The lowest BCUT2D eigenvalue weighted by molar-refractivity contribution is -0.124. The maximum absolute atomic E-state index is 14.2. The van der Waals surface area contributed by atoms with Crippen LogP contribution in [0, 0.1) is 11.7 Å². The van der Waals surface area contributed by atoms with Crippen LogP contribution in [0.2, 0.25) is 0 Å². The maximum atomic E-state index is 14.2. The number of hydrogen-bond acceptors (Lipinski definition) is 5. The first kappa shape index (κ1) is 23.5. The van der Waals surface area contributed by atoms with E-state index in [1.165, 1.54) is 23.1 Å². The van der Waals surface area contributed by atoms with Gasteiger partial charge in [-0.05, 0) is 24.6 Å². The molecule has 7 nitrogen and oxygen atoms in total. The molecule has 1 N–H and O–H groups in total. The number of methoxy groups -OCH3 is 3. The summed E-state index contributed by atoms with van der Waals surface area (Å²) in [4.78, 5) is 27.6. The Balaban J connectivity index is 1.88. The smallest absolute Gasteiger partial charge is 0.256 e. The van der Waals surface area contributed by atoms with Gasteiger partial charge < -0.3 is 24.4 Å². The number of benzene rings is 2. The maximum Gasteiger partial charge on any atom is 0.256 e. The van der Waals surface area contributed by atoms with Crippen LogP contribution in [0.3, 0.4) is 0 Å². The molecule has 1 aliphatic rings. The standard InChI is InChI=1S/C24H29FN2O5/c1-30-12-6-11-26-23(28)20-15-27(24(29)18-7-4-5-8-21(18)25)14-19(20)17-10-9-16(31-2)13-22(17)32-3/h4-5,7-10,13,19-20H,6,11-12,14-15H2,1-3H3,(H,26,28)/t19-,20+/m1/s1. The van der Waals surface area contributed by atoms with Gasteiger partial charge in [0.05, 0.1) is 25.7 Å². The minimum Gasteiger partial charge on any atom is -0.497 e. The highest BCUT2D eigenvalue weighted by Gasteiger charge is 2.42. The zero-order chi connectivity index (χ0) is 23.1. The Morgan fingerprint density at radius 1 is 1.09 bits per heavy atom. The van der Waals surface area contributed by atoms with Gasteiger partial charge in [-0.15, -0.1) is 0 Å². The van der Waals surface area contributed by atoms with Crippen LogP contribution in [-0.4, -0.2) is 64.3 Å². The van der Waals surface area contributed by atoms with Gasteiger partial charge in [0, 0.05) is 50.9 Å². The summed E-state index contributed by atoms with van der Waals surface area (Å²) < 4.78 is 30.1. The molecular weight excluding hydrogens is 415 g/mol. The fourth-order valence-corrected chi connectivity index (χ4v) is 4.04. The summed E-state index contributed by atoms with van der Waals surface area (Å²) in [5, 5.41) is 2.93. The third-order valence-electron chi connectivity index (χ3n) is 5.71. The minimum atomic E-state index is -0.580. The monoisotopic (exact) mass is 444 g/mol. The summed E-state index contributed by atoms with van der Waals surface area (Å²) in [6.45, 7) is 1.46. The molecule has 0 aliphatic carbocycles. The molecule has 0 bridgehead atoms. The second-order valence-electron chi connectivity index (χ2n) is 7.65. The number of rotatable bonds is 9. The van der Waals surface area contributed by atoms with Gasteiger partial charge in [0.15, 0.2) is 0 Å². The minimum absolute atomic E-state index is 0.00546. The lowest BCUT2D eigenvalue weighted by atomic mass is 9.87. The molecule has 8 heteroatoms. The molecule has 172 valence electrons. The number of nitrogens with one attached hydrogen (secondary N) is 1. The Morgan fingerprint density at radius 3 is 2.56 bits per heavy atom. The van der Waals surface area contributed by atoms with Gasteiger partial charge in [-0.1, -0.05) is 18.2 Å². The molecule has 32 heavy (non-hydrogen) atoms. The Labute approximate surface area is 187 Å². The quantitative estimate of drug-likeness (QED) is 0.602. The molecule has 0 radical (unpaired) electrons. The van der Waals surface area contributed by atoms with Gasteiger partial charge in [0.2, 0.25) is 5.91 Å². The lowest BCUT2D eigenvalue weighted by Gasteiger charge is -2.21. The molecule has 2 aromatic carbocycles. The second kappa shape index (κ2) is 10.9. The van der Waals surface area contributed by atoms with Crippen LogP contribution in [0.5, 0.6) is 11.5 Å². The second-order valence-corrected chi connectivity index (χ2v) is 7.65. The number of carbonyl (C=O) groups is 2. The van der Waals surface area contributed by atoms with Crippen molar-refractivity contribution in [3.63, 3.8) is 0 Å². The summed E-state index contributed by atoms with van der Waals surface area (Å²) in [5.41, 5.74) is 0.795. The molecule has 0 aromatic heterocycles. The molecular formula is C24H29FN2O5. The number of carbonyl (C=O) groups excluding carboxylic acids is 2. The number of likely N-dealkylation sites (tertiary alicyclic amines) is 1. The highest BCUT2D eigenvalue weighted by Crippen LogP contribution is 2.39. The van der Waals surface area contributed by atoms with Crippen LogP contribution in [0.4, 0.5) is 4.39 Å². The van der Waals surface area contributed by atoms with Crippen LogP contribution in [0.25, 0.3) is 0 Å². The fourth-order valence-electron chi connectivity index (χ4n) is 4.04. The molecule has 0 saturated carbocycles. The van der Waals surface area contributed by atoms with E-state index in [1.807, 2.05) is 6.07 Å². The number of hydrogen-bond donors (Lipinski definition) is 1. The van der Waals surface area contributed by atoms with Crippen LogP contribution < -0.4 is 14.8 Å². The summed E-state index contributed by atoms with van der Waals surface area (Å²) >= 11 is 0. The van der Waals surface area contributed by atoms with E-state index in [1.54, 1.807) is 39.5 Å². The van der Waals surface area contributed by atoms with E-state index in [0.29, 0.717) is 31.1 Å². The molecule has 3 rings (SSSR count).